The third kappa shape index (κ3) is 3.42. The molecule has 0 atom stereocenters. The van der Waals surface area contributed by atoms with E-state index in [4.69, 9.17) is 5.73 Å². The molecule has 0 fully saturated rings. The molecule has 0 radical (unpaired) electrons. The Morgan fingerprint density at radius 2 is 2.00 bits per heavy atom. The van der Waals surface area contributed by atoms with Crippen LogP contribution in [0.1, 0.15) is 27.2 Å². The Balaban J connectivity index is 3.38. The zero-order valence-corrected chi connectivity index (χ0v) is 11.8. The summed E-state index contributed by atoms with van der Waals surface area (Å²) >= 11 is 0. The van der Waals surface area contributed by atoms with E-state index in [9.17, 15) is 18.5 Å². The van der Waals surface area contributed by atoms with Crippen molar-refractivity contribution in [1.82, 2.24) is 4.72 Å². The first kappa shape index (κ1) is 15.4. The van der Waals surface area contributed by atoms with Crippen LogP contribution in [0.3, 0.4) is 0 Å². The quantitative estimate of drug-likeness (QED) is 0.485. The molecule has 7 nitrogen and oxygen atoms in total. The number of nitrogens with two attached hydrogens (primary N) is 1. The molecule has 0 heterocycles. The van der Waals surface area contributed by atoms with Gasteiger partial charge in [-0.3, -0.25) is 10.1 Å². The second-order valence-corrected chi connectivity index (χ2v) is 6.44. The third-order valence-corrected chi connectivity index (χ3v) is 4.53. The van der Waals surface area contributed by atoms with E-state index in [2.05, 4.69) is 4.72 Å². The summed E-state index contributed by atoms with van der Waals surface area (Å²) in [6.07, 6.45) is 0.544. The van der Waals surface area contributed by atoms with Crippen molar-refractivity contribution in [1.29, 1.82) is 0 Å². The number of para-hydroxylation sites is 1. The van der Waals surface area contributed by atoms with Crippen molar-refractivity contribution in [3.8, 4) is 0 Å². The lowest BCUT2D eigenvalue weighted by Gasteiger charge is -2.24. The zero-order chi connectivity index (χ0) is 14.8. The van der Waals surface area contributed by atoms with E-state index < -0.39 is 31.1 Å². The number of anilines is 1. The van der Waals surface area contributed by atoms with Crippen LogP contribution in [0.25, 0.3) is 0 Å². The minimum absolute atomic E-state index is 0.179. The molecule has 0 spiro atoms. The number of rotatable bonds is 5. The minimum atomic E-state index is -4.00. The number of nitro benzene ring substituents is 1. The number of nitrogen functional groups attached to an aromatic ring is 1. The molecule has 0 saturated carbocycles. The van der Waals surface area contributed by atoms with Crippen LogP contribution in [-0.4, -0.2) is 18.9 Å². The maximum absolute atomic E-state index is 12.2. The molecule has 0 aliphatic heterocycles. The van der Waals surface area contributed by atoms with Crippen LogP contribution in [0.4, 0.5) is 11.4 Å². The van der Waals surface area contributed by atoms with Gasteiger partial charge in [-0.05, 0) is 32.4 Å². The van der Waals surface area contributed by atoms with Gasteiger partial charge in [-0.1, -0.05) is 13.0 Å². The summed E-state index contributed by atoms with van der Waals surface area (Å²) < 4.78 is 26.9. The molecular weight excluding hydrogens is 270 g/mol. The monoisotopic (exact) mass is 287 g/mol. The SMILES string of the molecule is CCC(C)(C)NS(=O)(=O)c1cccc(N)c1[N+](=O)[O-]. The Labute approximate surface area is 112 Å². The van der Waals surface area contributed by atoms with Crippen molar-refractivity contribution < 1.29 is 13.3 Å². The average Bonchev–Trinajstić information content (AvgIpc) is 2.27. The summed E-state index contributed by atoms with van der Waals surface area (Å²) in [5.41, 5.74) is 4.01. The van der Waals surface area contributed by atoms with Crippen molar-refractivity contribution in [2.75, 3.05) is 5.73 Å². The lowest BCUT2D eigenvalue weighted by Crippen LogP contribution is -2.42. The molecular formula is C11H17N3O4S. The molecule has 0 bridgehead atoms. The summed E-state index contributed by atoms with van der Waals surface area (Å²) in [4.78, 5) is 9.75. The molecule has 106 valence electrons. The smallest absolute Gasteiger partial charge is 0.312 e. The van der Waals surface area contributed by atoms with Crippen LogP contribution in [0.2, 0.25) is 0 Å². The van der Waals surface area contributed by atoms with E-state index in [0.29, 0.717) is 6.42 Å². The Hall–Kier alpha value is -1.67. The van der Waals surface area contributed by atoms with Gasteiger partial charge in [0.05, 0.1) is 4.92 Å². The number of benzene rings is 1. The molecule has 0 aliphatic rings. The molecule has 19 heavy (non-hydrogen) atoms. The highest BCUT2D eigenvalue weighted by Gasteiger charge is 2.31. The van der Waals surface area contributed by atoms with Gasteiger partial charge < -0.3 is 5.73 Å². The Morgan fingerprint density at radius 3 is 2.47 bits per heavy atom. The van der Waals surface area contributed by atoms with Crippen molar-refractivity contribution in [3.63, 3.8) is 0 Å². The Kier molecular flexibility index (Phi) is 4.16. The largest absolute Gasteiger partial charge is 0.393 e. The fourth-order valence-corrected chi connectivity index (χ4v) is 3.13. The van der Waals surface area contributed by atoms with Crippen LogP contribution < -0.4 is 10.5 Å². The van der Waals surface area contributed by atoms with E-state index in [1.165, 1.54) is 18.2 Å². The van der Waals surface area contributed by atoms with Crippen molar-refractivity contribution in [2.45, 2.75) is 37.6 Å². The zero-order valence-electron chi connectivity index (χ0n) is 11.0. The van der Waals surface area contributed by atoms with Gasteiger partial charge >= 0.3 is 5.69 Å². The van der Waals surface area contributed by atoms with Gasteiger partial charge in [-0.15, -0.1) is 0 Å². The van der Waals surface area contributed by atoms with E-state index in [1.807, 2.05) is 6.92 Å². The summed E-state index contributed by atoms with van der Waals surface area (Å²) in [6.45, 7) is 5.21. The standard InChI is InChI=1S/C11H17N3O4S/c1-4-11(2,3)13-19(17,18)9-7-5-6-8(12)10(9)14(15)16/h5-7,13H,4,12H2,1-3H3. The van der Waals surface area contributed by atoms with Gasteiger partial charge in [0.25, 0.3) is 0 Å². The Morgan fingerprint density at radius 1 is 1.42 bits per heavy atom. The second-order valence-electron chi connectivity index (χ2n) is 4.79. The third-order valence-electron chi connectivity index (χ3n) is 2.80. The van der Waals surface area contributed by atoms with Crippen molar-refractivity contribution >= 4 is 21.4 Å². The van der Waals surface area contributed by atoms with Crippen LogP contribution in [0.15, 0.2) is 23.1 Å². The second kappa shape index (κ2) is 5.14. The van der Waals surface area contributed by atoms with Crippen molar-refractivity contribution in [3.05, 3.63) is 28.3 Å². The highest BCUT2D eigenvalue weighted by molar-refractivity contribution is 7.89. The van der Waals surface area contributed by atoms with Crippen LogP contribution in [-0.2, 0) is 10.0 Å². The van der Waals surface area contributed by atoms with Gasteiger partial charge in [0.15, 0.2) is 4.90 Å². The predicted molar refractivity (Wildman–Crippen MR) is 72.2 cm³/mol. The van der Waals surface area contributed by atoms with E-state index >= 15 is 0 Å². The first-order valence-electron chi connectivity index (χ1n) is 5.67. The highest BCUT2D eigenvalue weighted by Crippen LogP contribution is 2.30. The first-order chi connectivity index (χ1) is 8.60. The highest BCUT2D eigenvalue weighted by atomic mass is 32.2. The topological polar surface area (TPSA) is 115 Å². The summed E-state index contributed by atoms with van der Waals surface area (Å²) in [5, 5.41) is 11.0. The molecule has 3 N–H and O–H groups in total. The lowest BCUT2D eigenvalue weighted by atomic mass is 10.0. The van der Waals surface area contributed by atoms with E-state index in [-0.39, 0.29) is 5.69 Å². The summed E-state index contributed by atoms with van der Waals surface area (Å²) in [6, 6.07) is 3.83. The van der Waals surface area contributed by atoms with Crippen molar-refractivity contribution in [2.24, 2.45) is 0 Å². The maximum Gasteiger partial charge on any atom is 0.312 e. The van der Waals surface area contributed by atoms with Crippen LogP contribution >= 0.6 is 0 Å². The molecule has 1 aromatic rings. The minimum Gasteiger partial charge on any atom is -0.393 e. The van der Waals surface area contributed by atoms with Gasteiger partial charge in [0.1, 0.15) is 5.69 Å². The molecule has 8 heteroatoms. The molecule has 0 amide bonds. The molecule has 0 aromatic heterocycles. The number of sulfonamides is 1. The summed E-state index contributed by atoms with van der Waals surface area (Å²) in [5.74, 6) is 0. The molecule has 0 saturated heterocycles. The summed E-state index contributed by atoms with van der Waals surface area (Å²) in [7, 11) is -4.00. The number of hydrogen-bond acceptors (Lipinski definition) is 5. The van der Waals surface area contributed by atoms with Gasteiger partial charge in [0.2, 0.25) is 10.0 Å². The van der Waals surface area contributed by atoms with Crippen LogP contribution in [0, 0.1) is 10.1 Å². The molecule has 0 unspecified atom stereocenters. The number of nitrogens with zero attached hydrogens (tertiary/aromatic N) is 1. The molecule has 1 rings (SSSR count). The number of nitrogens with one attached hydrogen (secondary N) is 1. The van der Waals surface area contributed by atoms with E-state index in [1.54, 1.807) is 13.8 Å². The van der Waals surface area contributed by atoms with E-state index in [0.717, 1.165) is 0 Å². The van der Waals surface area contributed by atoms with Gasteiger partial charge in [-0.25, -0.2) is 13.1 Å². The Bertz CT molecular complexity index is 596. The lowest BCUT2D eigenvalue weighted by molar-refractivity contribution is -0.386. The van der Waals surface area contributed by atoms with Gasteiger partial charge in [0, 0.05) is 5.54 Å². The molecule has 0 aliphatic carbocycles. The maximum atomic E-state index is 12.2. The first-order valence-corrected chi connectivity index (χ1v) is 7.16. The average molecular weight is 287 g/mol. The normalized spacial score (nSPS) is 12.4. The predicted octanol–water partition coefficient (Wildman–Crippen LogP) is 1.64. The van der Waals surface area contributed by atoms with Crippen LogP contribution in [0.5, 0.6) is 0 Å². The van der Waals surface area contributed by atoms with Gasteiger partial charge in [-0.2, -0.15) is 0 Å². The molecule has 1 aromatic carbocycles. The number of hydrogen-bond donors (Lipinski definition) is 2. The fourth-order valence-electron chi connectivity index (χ4n) is 1.44. The number of nitro groups is 1. The fraction of sp³-hybridized carbons (Fsp3) is 0.455.